The van der Waals surface area contributed by atoms with Crippen molar-refractivity contribution in [2.24, 2.45) is 5.92 Å². The standard InChI is InChI=1S/C24H32N6O2/c31-23(26-17-19-8-9-19)20-15-22(29-11-13-32-14-12-29)28-24(27-20)30-10-4-7-21(30)25-16-18-5-2-1-3-6-18/h1-3,5-6,15,19,21,25H,4,7-14,16-17H2,(H,26,31). The van der Waals surface area contributed by atoms with E-state index < -0.39 is 0 Å². The van der Waals surface area contributed by atoms with Gasteiger partial charge in [-0.25, -0.2) is 4.98 Å². The van der Waals surface area contributed by atoms with Crippen LogP contribution < -0.4 is 20.4 Å². The predicted molar refractivity (Wildman–Crippen MR) is 124 cm³/mol. The molecule has 8 nitrogen and oxygen atoms in total. The highest BCUT2D eigenvalue weighted by Gasteiger charge is 2.29. The minimum atomic E-state index is -0.108. The fraction of sp³-hybridized carbons (Fsp3) is 0.542. The number of nitrogens with one attached hydrogen (secondary N) is 2. The fourth-order valence-corrected chi connectivity index (χ4v) is 4.32. The summed E-state index contributed by atoms with van der Waals surface area (Å²) in [4.78, 5) is 26.9. The van der Waals surface area contributed by atoms with E-state index in [1.165, 1.54) is 18.4 Å². The van der Waals surface area contributed by atoms with E-state index in [1.54, 1.807) is 0 Å². The number of aromatic nitrogens is 2. The van der Waals surface area contributed by atoms with Gasteiger partial charge in [-0.2, -0.15) is 4.98 Å². The van der Waals surface area contributed by atoms with Crippen LogP contribution in [0, 0.1) is 5.92 Å². The van der Waals surface area contributed by atoms with Gasteiger partial charge in [-0.1, -0.05) is 30.3 Å². The molecule has 32 heavy (non-hydrogen) atoms. The van der Waals surface area contributed by atoms with Crippen molar-refractivity contribution in [1.82, 2.24) is 20.6 Å². The zero-order valence-electron chi connectivity index (χ0n) is 18.5. The van der Waals surface area contributed by atoms with Crippen LogP contribution in [0.5, 0.6) is 0 Å². The number of ether oxygens (including phenoxy) is 1. The monoisotopic (exact) mass is 436 g/mol. The van der Waals surface area contributed by atoms with E-state index in [4.69, 9.17) is 14.7 Å². The Labute approximate surface area is 189 Å². The number of carbonyl (C=O) groups is 1. The number of hydrogen-bond acceptors (Lipinski definition) is 7. The number of nitrogens with zero attached hydrogens (tertiary/aromatic N) is 4. The lowest BCUT2D eigenvalue weighted by Gasteiger charge is -2.30. The molecule has 8 heteroatoms. The van der Waals surface area contributed by atoms with Crippen molar-refractivity contribution < 1.29 is 9.53 Å². The van der Waals surface area contributed by atoms with E-state index in [1.807, 2.05) is 12.1 Å². The summed E-state index contributed by atoms with van der Waals surface area (Å²) in [5.41, 5.74) is 1.70. The first kappa shape index (κ1) is 21.2. The van der Waals surface area contributed by atoms with Crippen molar-refractivity contribution in [3.63, 3.8) is 0 Å². The van der Waals surface area contributed by atoms with Crippen LogP contribution in [-0.2, 0) is 11.3 Å². The lowest BCUT2D eigenvalue weighted by Crippen LogP contribution is -2.43. The average Bonchev–Trinajstić information content (AvgIpc) is 3.57. The Morgan fingerprint density at radius 2 is 1.88 bits per heavy atom. The quantitative estimate of drug-likeness (QED) is 0.656. The van der Waals surface area contributed by atoms with Crippen LogP contribution >= 0.6 is 0 Å². The highest BCUT2D eigenvalue weighted by molar-refractivity contribution is 5.93. The second-order valence-corrected chi connectivity index (χ2v) is 8.88. The molecular weight excluding hydrogens is 404 g/mol. The zero-order valence-corrected chi connectivity index (χ0v) is 18.5. The Kier molecular flexibility index (Phi) is 6.50. The molecule has 1 aliphatic carbocycles. The summed E-state index contributed by atoms with van der Waals surface area (Å²) in [6.07, 6.45) is 4.66. The molecule has 1 saturated carbocycles. The summed E-state index contributed by atoms with van der Waals surface area (Å²) in [7, 11) is 0. The largest absolute Gasteiger partial charge is 0.378 e. The molecule has 2 saturated heterocycles. The Hall–Kier alpha value is -2.71. The smallest absolute Gasteiger partial charge is 0.270 e. The maximum Gasteiger partial charge on any atom is 0.270 e. The maximum absolute atomic E-state index is 12.9. The SMILES string of the molecule is O=C(NCC1CC1)c1cc(N2CCOCC2)nc(N2CCCC2NCc2ccccc2)n1. The van der Waals surface area contributed by atoms with Gasteiger partial charge in [0.05, 0.1) is 19.4 Å². The molecule has 2 aromatic rings. The van der Waals surface area contributed by atoms with Gasteiger partial charge in [-0.3, -0.25) is 10.1 Å². The first-order valence-electron chi connectivity index (χ1n) is 11.8. The van der Waals surface area contributed by atoms with E-state index in [2.05, 4.69) is 44.7 Å². The molecule has 0 radical (unpaired) electrons. The third kappa shape index (κ3) is 5.19. The first-order valence-corrected chi connectivity index (χ1v) is 11.8. The van der Waals surface area contributed by atoms with Crippen molar-refractivity contribution in [1.29, 1.82) is 0 Å². The Bertz CT molecular complexity index is 914. The number of benzene rings is 1. The molecule has 2 N–H and O–H groups in total. The number of morpholine rings is 1. The molecule has 170 valence electrons. The van der Waals surface area contributed by atoms with Gasteiger partial charge in [0.2, 0.25) is 5.95 Å². The molecule has 3 heterocycles. The van der Waals surface area contributed by atoms with Crippen molar-refractivity contribution in [3.8, 4) is 0 Å². The molecule has 2 aliphatic heterocycles. The predicted octanol–water partition coefficient (Wildman–Crippen LogP) is 2.17. The lowest BCUT2D eigenvalue weighted by atomic mass is 10.2. The van der Waals surface area contributed by atoms with Gasteiger partial charge < -0.3 is 19.9 Å². The summed E-state index contributed by atoms with van der Waals surface area (Å²) in [5.74, 6) is 1.96. The molecule has 3 aliphatic rings. The molecule has 1 aromatic heterocycles. The molecule has 1 amide bonds. The summed E-state index contributed by atoms with van der Waals surface area (Å²) < 4.78 is 5.51. The fourth-order valence-electron chi connectivity index (χ4n) is 4.32. The second-order valence-electron chi connectivity index (χ2n) is 8.88. The van der Waals surface area contributed by atoms with E-state index >= 15 is 0 Å². The Morgan fingerprint density at radius 1 is 1.06 bits per heavy atom. The highest BCUT2D eigenvalue weighted by atomic mass is 16.5. The second kappa shape index (κ2) is 9.83. The molecule has 5 rings (SSSR count). The van der Waals surface area contributed by atoms with E-state index in [-0.39, 0.29) is 12.1 Å². The minimum absolute atomic E-state index is 0.108. The van der Waals surface area contributed by atoms with E-state index in [0.717, 1.165) is 51.4 Å². The third-order valence-electron chi connectivity index (χ3n) is 6.41. The minimum Gasteiger partial charge on any atom is -0.378 e. The number of carbonyl (C=O) groups excluding carboxylic acids is 1. The summed E-state index contributed by atoms with van der Waals surface area (Å²) in [6.45, 7) is 5.30. The number of anilines is 2. The van der Waals surface area contributed by atoms with Crippen LogP contribution in [0.4, 0.5) is 11.8 Å². The van der Waals surface area contributed by atoms with Crippen LogP contribution in [-0.4, -0.2) is 61.4 Å². The van der Waals surface area contributed by atoms with Crippen LogP contribution in [0.15, 0.2) is 36.4 Å². The van der Waals surface area contributed by atoms with Crippen molar-refractivity contribution in [2.45, 2.75) is 38.4 Å². The Morgan fingerprint density at radius 3 is 2.66 bits per heavy atom. The van der Waals surface area contributed by atoms with Crippen LogP contribution in [0.2, 0.25) is 0 Å². The topological polar surface area (TPSA) is 82.6 Å². The first-order chi connectivity index (χ1) is 15.8. The summed E-state index contributed by atoms with van der Waals surface area (Å²) >= 11 is 0. The van der Waals surface area contributed by atoms with Crippen molar-refractivity contribution in [2.75, 3.05) is 49.2 Å². The normalized spacial score (nSPS) is 21.1. The van der Waals surface area contributed by atoms with Gasteiger partial charge in [-0.05, 0) is 37.2 Å². The highest BCUT2D eigenvalue weighted by Crippen LogP contribution is 2.28. The van der Waals surface area contributed by atoms with Gasteiger partial charge in [0.1, 0.15) is 11.5 Å². The lowest BCUT2D eigenvalue weighted by molar-refractivity contribution is 0.0946. The molecule has 0 bridgehead atoms. The van der Waals surface area contributed by atoms with Gasteiger partial charge in [0, 0.05) is 38.8 Å². The maximum atomic E-state index is 12.9. The summed E-state index contributed by atoms with van der Waals surface area (Å²) in [6, 6.07) is 12.2. The molecule has 3 fully saturated rings. The molecule has 1 aromatic carbocycles. The van der Waals surface area contributed by atoms with Crippen LogP contribution in [0.3, 0.4) is 0 Å². The van der Waals surface area contributed by atoms with E-state index in [9.17, 15) is 4.79 Å². The molecule has 1 unspecified atom stereocenters. The van der Waals surface area contributed by atoms with Gasteiger partial charge in [-0.15, -0.1) is 0 Å². The molecular formula is C24H32N6O2. The number of rotatable bonds is 8. The number of hydrogen-bond donors (Lipinski definition) is 2. The molecule has 1 atom stereocenters. The zero-order chi connectivity index (χ0) is 21.8. The van der Waals surface area contributed by atoms with Gasteiger partial charge in [0.25, 0.3) is 5.91 Å². The number of amides is 1. The van der Waals surface area contributed by atoms with Crippen molar-refractivity contribution >= 4 is 17.7 Å². The van der Waals surface area contributed by atoms with Crippen molar-refractivity contribution in [3.05, 3.63) is 47.7 Å². The van der Waals surface area contributed by atoms with Crippen LogP contribution in [0.25, 0.3) is 0 Å². The van der Waals surface area contributed by atoms with E-state index in [0.29, 0.717) is 30.8 Å². The third-order valence-corrected chi connectivity index (χ3v) is 6.41. The van der Waals surface area contributed by atoms with Gasteiger partial charge >= 0.3 is 0 Å². The van der Waals surface area contributed by atoms with Crippen LogP contribution in [0.1, 0.15) is 41.7 Å². The summed E-state index contributed by atoms with van der Waals surface area (Å²) in [5, 5.41) is 6.71. The average molecular weight is 437 g/mol. The van der Waals surface area contributed by atoms with Gasteiger partial charge in [0.15, 0.2) is 0 Å². The Balaban J connectivity index is 1.36. The molecule has 0 spiro atoms.